The molecule has 0 aromatic heterocycles. The summed E-state index contributed by atoms with van der Waals surface area (Å²) in [5.41, 5.74) is 0. The van der Waals surface area contributed by atoms with E-state index in [2.05, 4.69) is 22.5 Å². The number of hydrogen-bond acceptors (Lipinski definition) is 3. The molecule has 4 nitrogen and oxygen atoms in total. The van der Waals surface area contributed by atoms with Crippen molar-refractivity contribution in [3.8, 4) is 0 Å². The van der Waals surface area contributed by atoms with E-state index in [1.807, 2.05) is 7.05 Å². The number of amides is 1. The Morgan fingerprint density at radius 1 is 1.17 bits per heavy atom. The van der Waals surface area contributed by atoms with Gasteiger partial charge in [-0.05, 0) is 95.8 Å². The number of carbonyl (C=O) groups excluding carboxylic acids is 1. The number of carbonyl (C=O) groups is 1. The van der Waals surface area contributed by atoms with Crippen molar-refractivity contribution in [3.05, 3.63) is 0 Å². The number of fused-ring (bicyclic) bond motifs is 2. The lowest BCUT2D eigenvalue weighted by Crippen LogP contribution is -2.46. The molecule has 1 heterocycles. The fraction of sp³-hybridized carbons (Fsp3) is 0.947. The molecule has 0 aromatic rings. The van der Waals surface area contributed by atoms with Gasteiger partial charge in [0.05, 0.1) is 6.54 Å². The maximum absolute atomic E-state index is 12.4. The summed E-state index contributed by atoms with van der Waals surface area (Å²) in [6.07, 6.45) is 9.37. The molecule has 4 unspecified atom stereocenters. The van der Waals surface area contributed by atoms with Crippen LogP contribution in [-0.2, 0) is 4.79 Å². The van der Waals surface area contributed by atoms with Gasteiger partial charge in [-0.3, -0.25) is 9.69 Å². The lowest BCUT2D eigenvalue weighted by Gasteiger charge is -2.33. The van der Waals surface area contributed by atoms with E-state index in [-0.39, 0.29) is 5.91 Å². The van der Waals surface area contributed by atoms with Gasteiger partial charge in [-0.15, -0.1) is 0 Å². The molecule has 3 fully saturated rings. The summed E-state index contributed by atoms with van der Waals surface area (Å²) in [6.45, 7) is 6.12. The van der Waals surface area contributed by atoms with Gasteiger partial charge in [-0.2, -0.15) is 0 Å². The Morgan fingerprint density at radius 2 is 1.96 bits per heavy atom. The zero-order chi connectivity index (χ0) is 16.2. The molecule has 3 aliphatic rings. The molecule has 1 amide bonds. The molecule has 23 heavy (non-hydrogen) atoms. The summed E-state index contributed by atoms with van der Waals surface area (Å²) in [5, 5.41) is 6.55. The minimum atomic E-state index is 0.244. The first-order valence-electron chi connectivity index (χ1n) is 9.82. The van der Waals surface area contributed by atoms with Crippen molar-refractivity contribution in [2.75, 3.05) is 33.2 Å². The number of rotatable bonds is 7. The first-order chi connectivity index (χ1) is 11.2. The van der Waals surface area contributed by atoms with Gasteiger partial charge in [0.1, 0.15) is 0 Å². The molecule has 2 saturated carbocycles. The van der Waals surface area contributed by atoms with Crippen LogP contribution in [0, 0.1) is 23.7 Å². The van der Waals surface area contributed by atoms with Crippen LogP contribution in [0.2, 0.25) is 0 Å². The van der Waals surface area contributed by atoms with Gasteiger partial charge >= 0.3 is 0 Å². The molecule has 2 N–H and O–H groups in total. The summed E-state index contributed by atoms with van der Waals surface area (Å²) < 4.78 is 0. The SMILES string of the molecule is CNCCC1CCN(CC(=O)NC(C)C2CC3CCC2C3)CC1. The van der Waals surface area contributed by atoms with Gasteiger partial charge in [0, 0.05) is 6.04 Å². The molecule has 1 saturated heterocycles. The van der Waals surface area contributed by atoms with E-state index in [1.54, 1.807) is 0 Å². The summed E-state index contributed by atoms with van der Waals surface area (Å²) >= 11 is 0. The molecule has 4 heteroatoms. The normalized spacial score (nSPS) is 33.0. The van der Waals surface area contributed by atoms with Crippen LogP contribution < -0.4 is 10.6 Å². The highest BCUT2D eigenvalue weighted by molar-refractivity contribution is 5.78. The number of nitrogens with one attached hydrogen (secondary N) is 2. The summed E-state index contributed by atoms with van der Waals surface area (Å²) in [4.78, 5) is 14.7. The third-order valence-electron chi connectivity index (χ3n) is 6.70. The van der Waals surface area contributed by atoms with Gasteiger partial charge in [0.2, 0.25) is 5.91 Å². The Bertz CT molecular complexity index is 392. The quantitative estimate of drug-likeness (QED) is 0.756. The molecular weight excluding hydrogens is 286 g/mol. The van der Waals surface area contributed by atoms with Crippen molar-refractivity contribution < 1.29 is 4.79 Å². The minimum Gasteiger partial charge on any atom is -0.352 e. The molecule has 1 aliphatic heterocycles. The fourth-order valence-electron chi connectivity index (χ4n) is 5.30. The van der Waals surface area contributed by atoms with E-state index in [4.69, 9.17) is 0 Å². The zero-order valence-corrected chi connectivity index (χ0v) is 15.0. The first-order valence-corrected chi connectivity index (χ1v) is 9.82. The van der Waals surface area contributed by atoms with Gasteiger partial charge in [-0.1, -0.05) is 6.42 Å². The minimum absolute atomic E-state index is 0.244. The van der Waals surface area contributed by atoms with Crippen LogP contribution in [0.25, 0.3) is 0 Å². The molecular formula is C19H35N3O. The van der Waals surface area contributed by atoms with Crippen LogP contribution in [0.15, 0.2) is 0 Å². The Morgan fingerprint density at radius 3 is 2.57 bits per heavy atom. The number of nitrogens with zero attached hydrogens (tertiary/aromatic N) is 1. The van der Waals surface area contributed by atoms with Crippen LogP contribution in [0.3, 0.4) is 0 Å². The molecule has 0 spiro atoms. The van der Waals surface area contributed by atoms with E-state index in [9.17, 15) is 4.79 Å². The van der Waals surface area contributed by atoms with Crippen molar-refractivity contribution in [2.45, 2.75) is 57.9 Å². The molecule has 2 bridgehead atoms. The average Bonchev–Trinajstić information content (AvgIpc) is 3.17. The van der Waals surface area contributed by atoms with Crippen LogP contribution >= 0.6 is 0 Å². The summed E-state index contributed by atoms with van der Waals surface area (Å²) in [6, 6.07) is 0.367. The summed E-state index contributed by atoms with van der Waals surface area (Å²) in [5.74, 6) is 3.67. The van der Waals surface area contributed by atoms with Crippen molar-refractivity contribution in [2.24, 2.45) is 23.7 Å². The topological polar surface area (TPSA) is 44.4 Å². The van der Waals surface area contributed by atoms with Gasteiger partial charge in [-0.25, -0.2) is 0 Å². The van der Waals surface area contributed by atoms with Crippen LogP contribution in [0.1, 0.15) is 51.9 Å². The van der Waals surface area contributed by atoms with Crippen molar-refractivity contribution in [1.29, 1.82) is 0 Å². The Kier molecular flexibility index (Phi) is 5.97. The molecule has 4 atom stereocenters. The van der Waals surface area contributed by atoms with E-state index >= 15 is 0 Å². The standard InChI is InChI=1S/C19H35N3O/c1-14(18-12-16-3-4-17(18)11-16)21-19(23)13-22-9-6-15(7-10-22)5-8-20-2/h14-18,20H,3-13H2,1-2H3,(H,21,23). The highest BCUT2D eigenvalue weighted by Gasteiger charge is 2.42. The third-order valence-corrected chi connectivity index (χ3v) is 6.70. The van der Waals surface area contributed by atoms with Crippen molar-refractivity contribution >= 4 is 5.91 Å². The highest BCUT2D eigenvalue weighted by Crippen LogP contribution is 2.49. The number of likely N-dealkylation sites (tertiary alicyclic amines) is 1. The van der Waals surface area contributed by atoms with E-state index in [0.29, 0.717) is 12.6 Å². The predicted octanol–water partition coefficient (Wildman–Crippen LogP) is 2.25. The number of piperidine rings is 1. The largest absolute Gasteiger partial charge is 0.352 e. The van der Waals surface area contributed by atoms with E-state index in [1.165, 1.54) is 44.9 Å². The van der Waals surface area contributed by atoms with Crippen molar-refractivity contribution in [3.63, 3.8) is 0 Å². The average molecular weight is 322 g/mol. The van der Waals surface area contributed by atoms with Crippen LogP contribution in [0.4, 0.5) is 0 Å². The first kappa shape index (κ1) is 17.2. The smallest absolute Gasteiger partial charge is 0.234 e. The molecule has 2 aliphatic carbocycles. The monoisotopic (exact) mass is 321 g/mol. The van der Waals surface area contributed by atoms with E-state index in [0.717, 1.165) is 43.3 Å². The second-order valence-corrected chi connectivity index (χ2v) is 8.31. The maximum atomic E-state index is 12.4. The Balaban J connectivity index is 1.35. The van der Waals surface area contributed by atoms with Crippen LogP contribution in [-0.4, -0.2) is 50.1 Å². The second-order valence-electron chi connectivity index (χ2n) is 8.31. The highest BCUT2D eigenvalue weighted by atomic mass is 16.2. The van der Waals surface area contributed by atoms with Gasteiger partial charge in [0.15, 0.2) is 0 Å². The molecule has 0 radical (unpaired) electrons. The van der Waals surface area contributed by atoms with Gasteiger partial charge in [0.25, 0.3) is 0 Å². The lowest BCUT2D eigenvalue weighted by molar-refractivity contribution is -0.123. The fourth-order valence-corrected chi connectivity index (χ4v) is 5.30. The Hall–Kier alpha value is -0.610. The van der Waals surface area contributed by atoms with E-state index < -0.39 is 0 Å². The van der Waals surface area contributed by atoms with Gasteiger partial charge < -0.3 is 10.6 Å². The Labute approximate surface area is 141 Å². The molecule has 3 rings (SSSR count). The maximum Gasteiger partial charge on any atom is 0.234 e. The van der Waals surface area contributed by atoms with Crippen LogP contribution in [0.5, 0.6) is 0 Å². The molecule has 0 aromatic carbocycles. The third kappa shape index (κ3) is 4.48. The second kappa shape index (κ2) is 7.98. The lowest BCUT2D eigenvalue weighted by atomic mass is 9.84. The van der Waals surface area contributed by atoms with Crippen molar-refractivity contribution in [1.82, 2.24) is 15.5 Å². The predicted molar refractivity (Wildman–Crippen MR) is 94.3 cm³/mol. The zero-order valence-electron chi connectivity index (χ0n) is 15.0. The molecule has 132 valence electrons. The summed E-state index contributed by atoms with van der Waals surface area (Å²) in [7, 11) is 2.02. The number of hydrogen-bond donors (Lipinski definition) is 2.